The van der Waals surface area contributed by atoms with Gasteiger partial charge in [0.15, 0.2) is 5.78 Å². The van der Waals surface area contributed by atoms with E-state index < -0.39 is 0 Å². The number of hydrogen-bond donors (Lipinski definition) is 0. The number of carbonyl (C=O) groups is 1. The van der Waals surface area contributed by atoms with E-state index in [9.17, 15) is 4.79 Å². The molecule has 0 aromatic heterocycles. The molecule has 0 aliphatic rings. The Hall–Kier alpha value is -3.37. The van der Waals surface area contributed by atoms with E-state index in [-0.39, 0.29) is 5.78 Å². The van der Waals surface area contributed by atoms with Gasteiger partial charge in [-0.3, -0.25) is 4.79 Å². The molecule has 0 spiro atoms. The van der Waals surface area contributed by atoms with Crippen molar-refractivity contribution in [1.29, 1.82) is 0 Å². The second-order valence-corrected chi connectivity index (χ2v) is 7.65. The van der Waals surface area contributed by atoms with Crippen molar-refractivity contribution in [2.24, 2.45) is 0 Å². The van der Waals surface area contributed by atoms with E-state index in [0.717, 1.165) is 29.2 Å². The highest BCUT2D eigenvalue weighted by atomic mass is 16.5. The number of ether oxygens (including phenoxy) is 2. The van der Waals surface area contributed by atoms with Crippen LogP contribution in [0.2, 0.25) is 0 Å². The van der Waals surface area contributed by atoms with Crippen LogP contribution in [0.1, 0.15) is 21.5 Å². The predicted octanol–water partition coefficient (Wildman–Crippen LogP) is 5.51. The zero-order chi connectivity index (χ0) is 22.2. The van der Waals surface area contributed by atoms with Crippen LogP contribution in [0.3, 0.4) is 0 Å². The minimum absolute atomic E-state index is 0.0665. The molecule has 0 saturated carbocycles. The molecule has 0 fully saturated rings. The number of rotatable bonds is 9. The Balaban J connectivity index is 1.89. The first-order valence-electron chi connectivity index (χ1n) is 10.3. The highest BCUT2D eigenvalue weighted by Gasteiger charge is 2.08. The molecule has 0 saturated heterocycles. The fraction of sp³-hybridized carbons (Fsp3) is 0.222. The maximum atomic E-state index is 12.7. The van der Waals surface area contributed by atoms with Crippen LogP contribution in [0, 0.1) is 6.92 Å². The van der Waals surface area contributed by atoms with Crippen LogP contribution < -0.4 is 9.47 Å². The summed E-state index contributed by atoms with van der Waals surface area (Å²) in [7, 11) is 5.63. The van der Waals surface area contributed by atoms with Crippen molar-refractivity contribution in [3.8, 4) is 22.6 Å². The number of allylic oxidation sites excluding steroid dienone is 1. The molecule has 4 nitrogen and oxygen atoms in total. The minimum atomic E-state index is -0.0665. The van der Waals surface area contributed by atoms with E-state index in [1.165, 1.54) is 11.1 Å². The van der Waals surface area contributed by atoms with Gasteiger partial charge < -0.3 is 14.4 Å². The molecule has 0 aliphatic carbocycles. The SMILES string of the molecule is COc1ccc(C(=O)C=Cc2cc(-c3ccccc3C)ccc2OCCN(C)C)cc1. The standard InChI is InChI=1S/C27H29NO3/c1-20-7-5-6-8-25(20)22-12-16-27(31-18-17-28(2)3)23(19-22)11-15-26(29)21-9-13-24(30-4)14-10-21/h5-16,19H,17-18H2,1-4H3. The summed E-state index contributed by atoms with van der Waals surface area (Å²) in [5, 5.41) is 0. The number of methoxy groups -OCH3 is 1. The van der Waals surface area contributed by atoms with E-state index in [1.807, 2.05) is 38.4 Å². The molecule has 4 heteroatoms. The highest BCUT2D eigenvalue weighted by molar-refractivity contribution is 6.07. The first-order chi connectivity index (χ1) is 15.0. The Morgan fingerprint density at radius 2 is 1.74 bits per heavy atom. The molecule has 160 valence electrons. The van der Waals surface area contributed by atoms with Gasteiger partial charge in [0.2, 0.25) is 0 Å². The summed E-state index contributed by atoms with van der Waals surface area (Å²) in [6.07, 6.45) is 3.43. The predicted molar refractivity (Wildman–Crippen MR) is 127 cm³/mol. The zero-order valence-electron chi connectivity index (χ0n) is 18.6. The van der Waals surface area contributed by atoms with Gasteiger partial charge in [-0.1, -0.05) is 30.3 Å². The molecule has 31 heavy (non-hydrogen) atoms. The average molecular weight is 416 g/mol. The normalized spacial score (nSPS) is 11.1. The summed E-state index contributed by atoms with van der Waals surface area (Å²) in [5.74, 6) is 1.42. The number of benzene rings is 3. The molecule has 0 radical (unpaired) electrons. The number of aryl methyl sites for hydroxylation is 1. The van der Waals surface area contributed by atoms with Crippen molar-refractivity contribution in [3.05, 3.63) is 89.5 Å². The monoisotopic (exact) mass is 415 g/mol. The van der Waals surface area contributed by atoms with E-state index in [4.69, 9.17) is 9.47 Å². The van der Waals surface area contributed by atoms with Gasteiger partial charge in [0, 0.05) is 17.7 Å². The van der Waals surface area contributed by atoms with Gasteiger partial charge in [0.25, 0.3) is 0 Å². The van der Waals surface area contributed by atoms with E-state index >= 15 is 0 Å². The average Bonchev–Trinajstić information content (AvgIpc) is 2.78. The quantitative estimate of drug-likeness (QED) is 0.341. The van der Waals surface area contributed by atoms with Crippen molar-refractivity contribution in [2.45, 2.75) is 6.92 Å². The Bertz CT molecular complexity index is 1050. The van der Waals surface area contributed by atoms with Crippen molar-refractivity contribution in [3.63, 3.8) is 0 Å². The number of likely N-dealkylation sites (N-methyl/N-ethyl adjacent to an activating group) is 1. The number of carbonyl (C=O) groups excluding carboxylic acids is 1. The number of hydrogen-bond acceptors (Lipinski definition) is 4. The first kappa shape index (κ1) is 22.3. The number of nitrogens with zero attached hydrogens (tertiary/aromatic N) is 1. The summed E-state index contributed by atoms with van der Waals surface area (Å²) < 4.78 is 11.2. The minimum Gasteiger partial charge on any atom is -0.497 e. The van der Waals surface area contributed by atoms with Gasteiger partial charge in [0.1, 0.15) is 18.1 Å². The van der Waals surface area contributed by atoms with Crippen molar-refractivity contribution >= 4 is 11.9 Å². The second kappa shape index (κ2) is 10.6. The first-order valence-corrected chi connectivity index (χ1v) is 10.3. The highest BCUT2D eigenvalue weighted by Crippen LogP contribution is 2.30. The summed E-state index contributed by atoms with van der Waals surface area (Å²) in [6.45, 7) is 3.48. The van der Waals surface area contributed by atoms with Crippen molar-refractivity contribution in [2.75, 3.05) is 34.4 Å². The van der Waals surface area contributed by atoms with Crippen molar-refractivity contribution < 1.29 is 14.3 Å². The van der Waals surface area contributed by atoms with Gasteiger partial charge in [-0.15, -0.1) is 0 Å². The fourth-order valence-corrected chi connectivity index (χ4v) is 3.23. The molecule has 0 unspecified atom stereocenters. The van der Waals surface area contributed by atoms with E-state index in [2.05, 4.69) is 36.1 Å². The maximum Gasteiger partial charge on any atom is 0.185 e. The van der Waals surface area contributed by atoms with Crippen LogP contribution in [-0.2, 0) is 0 Å². The summed E-state index contributed by atoms with van der Waals surface area (Å²) >= 11 is 0. The topological polar surface area (TPSA) is 38.8 Å². The molecule has 3 aromatic rings. The molecule has 0 atom stereocenters. The number of ketones is 1. The van der Waals surface area contributed by atoms with Gasteiger partial charge in [-0.05, 0) is 86.3 Å². The fourth-order valence-electron chi connectivity index (χ4n) is 3.23. The van der Waals surface area contributed by atoms with Crippen LogP contribution in [0.25, 0.3) is 17.2 Å². The lowest BCUT2D eigenvalue weighted by Gasteiger charge is -2.14. The third kappa shape index (κ3) is 6.06. The van der Waals surface area contributed by atoms with Crippen LogP contribution >= 0.6 is 0 Å². The molecular weight excluding hydrogens is 386 g/mol. The smallest absolute Gasteiger partial charge is 0.185 e. The van der Waals surface area contributed by atoms with Gasteiger partial charge in [-0.2, -0.15) is 0 Å². The lowest BCUT2D eigenvalue weighted by Crippen LogP contribution is -2.19. The van der Waals surface area contributed by atoms with E-state index in [0.29, 0.717) is 12.2 Å². The summed E-state index contributed by atoms with van der Waals surface area (Å²) in [4.78, 5) is 14.7. The molecule has 3 rings (SSSR count). The molecule has 0 N–H and O–H groups in total. The van der Waals surface area contributed by atoms with Crippen molar-refractivity contribution in [1.82, 2.24) is 4.90 Å². The summed E-state index contributed by atoms with van der Waals surface area (Å²) in [6, 6.07) is 21.5. The molecule has 0 heterocycles. The lowest BCUT2D eigenvalue weighted by atomic mass is 9.98. The zero-order valence-corrected chi connectivity index (χ0v) is 18.6. The Labute approximate surface area is 184 Å². The Kier molecular flexibility index (Phi) is 7.63. The van der Waals surface area contributed by atoms with E-state index in [1.54, 1.807) is 37.5 Å². The van der Waals surface area contributed by atoms with Crippen LogP contribution in [0.15, 0.2) is 72.8 Å². The molecule has 3 aromatic carbocycles. The summed E-state index contributed by atoms with van der Waals surface area (Å²) in [5.41, 5.74) is 4.95. The molecule has 0 amide bonds. The van der Waals surface area contributed by atoms with Gasteiger partial charge in [0.05, 0.1) is 7.11 Å². The Morgan fingerprint density at radius 1 is 1.00 bits per heavy atom. The van der Waals surface area contributed by atoms with Crippen LogP contribution in [0.4, 0.5) is 0 Å². The van der Waals surface area contributed by atoms with Gasteiger partial charge in [-0.25, -0.2) is 0 Å². The maximum absolute atomic E-state index is 12.7. The Morgan fingerprint density at radius 3 is 2.42 bits per heavy atom. The van der Waals surface area contributed by atoms with Crippen LogP contribution in [-0.4, -0.2) is 45.0 Å². The molecule has 0 aliphatic heterocycles. The second-order valence-electron chi connectivity index (χ2n) is 7.65. The van der Waals surface area contributed by atoms with Gasteiger partial charge >= 0.3 is 0 Å². The third-order valence-corrected chi connectivity index (χ3v) is 5.05. The third-order valence-electron chi connectivity index (χ3n) is 5.05. The lowest BCUT2D eigenvalue weighted by molar-refractivity contribution is 0.104. The molecule has 0 bridgehead atoms. The largest absolute Gasteiger partial charge is 0.497 e. The molecular formula is C27H29NO3. The van der Waals surface area contributed by atoms with Crippen LogP contribution in [0.5, 0.6) is 11.5 Å².